The summed E-state index contributed by atoms with van der Waals surface area (Å²) in [4.78, 5) is 36.3. The van der Waals surface area contributed by atoms with Crippen LogP contribution in [0.4, 0.5) is 0 Å². The highest BCUT2D eigenvalue weighted by Crippen LogP contribution is 2.31. The van der Waals surface area contributed by atoms with Crippen molar-refractivity contribution in [2.24, 2.45) is 0 Å². The standard InChI is InChI=1S/C28H27N3O3S/c1-4-28(3)15-22-20(16-34-28)14-21-25(29-22)30-27(35-17-24(32)19-11-6-5-7-12-19)31(26(21)33)23-13-9-8-10-18(23)2/h5-14H,4,15-17H2,1-3H3/t28-/m0/s1. The number of aryl methyl sites for hydroxylation is 1. The van der Waals surface area contributed by atoms with Crippen molar-refractivity contribution >= 4 is 28.6 Å². The zero-order valence-electron chi connectivity index (χ0n) is 20.1. The van der Waals surface area contributed by atoms with Gasteiger partial charge in [-0.2, -0.15) is 0 Å². The number of Topliss-reactive ketones (excluding diaryl/α,β-unsaturated/α-hetero) is 1. The van der Waals surface area contributed by atoms with Gasteiger partial charge < -0.3 is 4.74 Å². The lowest BCUT2D eigenvalue weighted by Crippen LogP contribution is -2.35. The SMILES string of the molecule is CC[C@@]1(C)Cc2nc3nc(SCC(=O)c4ccccc4)n(-c4ccccc4C)c(=O)c3cc2CO1. The summed E-state index contributed by atoms with van der Waals surface area (Å²) in [6.45, 7) is 6.57. The van der Waals surface area contributed by atoms with E-state index >= 15 is 0 Å². The Bertz CT molecular complexity index is 1480. The van der Waals surface area contributed by atoms with E-state index in [2.05, 4.69) is 13.8 Å². The summed E-state index contributed by atoms with van der Waals surface area (Å²) in [5.41, 5.74) is 4.12. The normalized spacial score (nSPS) is 17.3. The molecule has 1 atom stereocenters. The molecule has 0 unspecified atom stereocenters. The average Bonchev–Trinajstić information content (AvgIpc) is 2.87. The third-order valence-corrected chi connectivity index (χ3v) is 7.59. The molecule has 0 fully saturated rings. The molecule has 0 spiro atoms. The van der Waals surface area contributed by atoms with Crippen molar-refractivity contribution in [3.8, 4) is 5.69 Å². The van der Waals surface area contributed by atoms with Gasteiger partial charge >= 0.3 is 0 Å². The minimum absolute atomic E-state index is 0.0180. The number of fused-ring (bicyclic) bond motifs is 2. The number of thioether (sulfide) groups is 1. The number of benzene rings is 2. The second-order valence-electron chi connectivity index (χ2n) is 9.13. The molecule has 3 heterocycles. The number of aromatic nitrogens is 3. The van der Waals surface area contributed by atoms with Crippen LogP contribution < -0.4 is 5.56 Å². The summed E-state index contributed by atoms with van der Waals surface area (Å²) < 4.78 is 7.69. The summed E-state index contributed by atoms with van der Waals surface area (Å²) in [7, 11) is 0. The number of ether oxygens (including phenoxy) is 1. The van der Waals surface area contributed by atoms with Gasteiger partial charge in [0.1, 0.15) is 0 Å². The number of hydrogen-bond donors (Lipinski definition) is 0. The van der Waals surface area contributed by atoms with Crippen LogP contribution in [0.5, 0.6) is 0 Å². The van der Waals surface area contributed by atoms with Gasteiger partial charge in [-0.25, -0.2) is 9.97 Å². The second-order valence-corrected chi connectivity index (χ2v) is 10.1. The van der Waals surface area contributed by atoms with Crippen molar-refractivity contribution in [2.45, 2.75) is 51.0 Å². The molecule has 2 aromatic heterocycles. The van der Waals surface area contributed by atoms with Crippen LogP contribution in [0, 0.1) is 6.92 Å². The molecule has 35 heavy (non-hydrogen) atoms. The van der Waals surface area contributed by atoms with Gasteiger partial charge in [0.2, 0.25) is 0 Å². The molecule has 0 saturated heterocycles. The molecule has 178 valence electrons. The molecule has 0 amide bonds. The molecule has 2 aromatic carbocycles. The van der Waals surface area contributed by atoms with Crippen molar-refractivity contribution in [1.82, 2.24) is 14.5 Å². The molecule has 0 bridgehead atoms. The second kappa shape index (κ2) is 9.40. The molecule has 4 aromatic rings. The Kier molecular flexibility index (Phi) is 6.30. The Balaban J connectivity index is 1.63. The van der Waals surface area contributed by atoms with Crippen molar-refractivity contribution in [3.63, 3.8) is 0 Å². The van der Waals surface area contributed by atoms with Gasteiger partial charge in [0, 0.05) is 17.5 Å². The first-order valence-corrected chi connectivity index (χ1v) is 12.7. The van der Waals surface area contributed by atoms with E-state index in [9.17, 15) is 9.59 Å². The van der Waals surface area contributed by atoms with Gasteiger partial charge in [0.05, 0.1) is 34.7 Å². The molecule has 1 aliphatic rings. The van der Waals surface area contributed by atoms with Crippen LogP contribution in [0.3, 0.4) is 0 Å². The number of rotatable bonds is 6. The van der Waals surface area contributed by atoms with Crippen molar-refractivity contribution < 1.29 is 9.53 Å². The summed E-state index contributed by atoms with van der Waals surface area (Å²) in [5.74, 6) is 0.149. The first-order chi connectivity index (χ1) is 16.9. The zero-order chi connectivity index (χ0) is 24.6. The third kappa shape index (κ3) is 4.54. The Morgan fingerprint density at radius 2 is 1.86 bits per heavy atom. The van der Waals surface area contributed by atoms with Crippen LogP contribution in [0.25, 0.3) is 16.7 Å². The number of carbonyl (C=O) groups is 1. The highest BCUT2D eigenvalue weighted by molar-refractivity contribution is 7.99. The Morgan fingerprint density at radius 3 is 2.60 bits per heavy atom. The fourth-order valence-electron chi connectivity index (χ4n) is 4.30. The lowest BCUT2D eigenvalue weighted by Gasteiger charge is -2.33. The van der Waals surface area contributed by atoms with Crippen LogP contribution in [0.15, 0.2) is 70.6 Å². The maximum Gasteiger partial charge on any atom is 0.268 e. The van der Waals surface area contributed by atoms with Gasteiger partial charge in [0.15, 0.2) is 16.6 Å². The van der Waals surface area contributed by atoms with Gasteiger partial charge in [0.25, 0.3) is 5.56 Å². The topological polar surface area (TPSA) is 74.1 Å². The monoisotopic (exact) mass is 485 g/mol. The van der Waals surface area contributed by atoms with Crippen LogP contribution >= 0.6 is 11.8 Å². The Labute approximate surface area is 208 Å². The smallest absolute Gasteiger partial charge is 0.268 e. The highest BCUT2D eigenvalue weighted by Gasteiger charge is 2.31. The summed E-state index contributed by atoms with van der Waals surface area (Å²) in [6, 6.07) is 18.7. The third-order valence-electron chi connectivity index (χ3n) is 6.65. The minimum Gasteiger partial charge on any atom is -0.370 e. The number of hydrogen-bond acceptors (Lipinski definition) is 6. The summed E-state index contributed by atoms with van der Waals surface area (Å²) in [6.07, 6.45) is 1.55. The molecule has 7 heteroatoms. The van der Waals surface area contributed by atoms with E-state index in [1.165, 1.54) is 11.8 Å². The molecule has 0 aliphatic carbocycles. The van der Waals surface area contributed by atoms with E-state index in [-0.39, 0.29) is 22.7 Å². The summed E-state index contributed by atoms with van der Waals surface area (Å²) >= 11 is 1.26. The van der Waals surface area contributed by atoms with Crippen molar-refractivity contribution in [2.75, 3.05) is 5.75 Å². The first-order valence-electron chi connectivity index (χ1n) is 11.7. The van der Waals surface area contributed by atoms with Crippen LogP contribution in [-0.4, -0.2) is 31.7 Å². The molecule has 0 saturated carbocycles. The van der Waals surface area contributed by atoms with Gasteiger partial charge in [-0.3, -0.25) is 14.2 Å². The number of para-hydroxylation sites is 1. The molecular formula is C28H27N3O3S. The number of carbonyl (C=O) groups excluding carboxylic acids is 1. The molecule has 5 rings (SSSR count). The maximum absolute atomic E-state index is 13.8. The van der Waals surface area contributed by atoms with E-state index in [4.69, 9.17) is 14.7 Å². The van der Waals surface area contributed by atoms with E-state index in [0.717, 1.165) is 28.9 Å². The number of pyridine rings is 1. The fraction of sp³-hybridized carbons (Fsp3) is 0.286. The first kappa shape index (κ1) is 23.5. The lowest BCUT2D eigenvalue weighted by molar-refractivity contribution is -0.0573. The quantitative estimate of drug-likeness (QED) is 0.209. The maximum atomic E-state index is 13.8. The van der Waals surface area contributed by atoms with Crippen LogP contribution in [0.1, 0.15) is 47.4 Å². The Hall–Kier alpha value is -3.29. The van der Waals surface area contributed by atoms with E-state index in [1.54, 1.807) is 16.7 Å². The summed E-state index contributed by atoms with van der Waals surface area (Å²) in [5, 5.41) is 0.910. The van der Waals surface area contributed by atoms with Crippen LogP contribution in [0.2, 0.25) is 0 Å². The van der Waals surface area contributed by atoms with E-state index in [0.29, 0.717) is 34.8 Å². The average molecular weight is 486 g/mol. The molecule has 0 radical (unpaired) electrons. The molecule has 6 nitrogen and oxygen atoms in total. The largest absolute Gasteiger partial charge is 0.370 e. The van der Waals surface area contributed by atoms with Crippen molar-refractivity contribution in [3.05, 3.63) is 93.4 Å². The van der Waals surface area contributed by atoms with Gasteiger partial charge in [-0.1, -0.05) is 67.2 Å². The van der Waals surface area contributed by atoms with E-state index < -0.39 is 0 Å². The molecule has 1 aliphatic heterocycles. The number of ketones is 1. The van der Waals surface area contributed by atoms with E-state index in [1.807, 2.05) is 55.5 Å². The van der Waals surface area contributed by atoms with Gasteiger partial charge in [-0.15, -0.1) is 0 Å². The predicted octanol–water partition coefficient (Wildman–Crippen LogP) is 5.31. The Morgan fingerprint density at radius 1 is 1.11 bits per heavy atom. The van der Waals surface area contributed by atoms with Crippen LogP contribution in [-0.2, 0) is 17.8 Å². The molecular weight excluding hydrogens is 458 g/mol. The minimum atomic E-state index is -0.274. The highest BCUT2D eigenvalue weighted by atomic mass is 32.2. The van der Waals surface area contributed by atoms with Crippen molar-refractivity contribution in [1.29, 1.82) is 0 Å². The zero-order valence-corrected chi connectivity index (χ0v) is 20.9. The number of nitrogens with zero attached hydrogens (tertiary/aromatic N) is 3. The fourth-order valence-corrected chi connectivity index (χ4v) is 5.18. The lowest BCUT2D eigenvalue weighted by atomic mass is 9.91. The van der Waals surface area contributed by atoms with Gasteiger partial charge in [-0.05, 0) is 38.0 Å². The molecule has 0 N–H and O–H groups in total. The predicted molar refractivity (Wildman–Crippen MR) is 139 cm³/mol.